The van der Waals surface area contributed by atoms with Gasteiger partial charge in [-0.05, 0) is 45.4 Å². The van der Waals surface area contributed by atoms with Crippen LogP contribution < -0.4 is 20.9 Å². The van der Waals surface area contributed by atoms with Gasteiger partial charge in [0.25, 0.3) is 5.56 Å². The molecule has 15 nitrogen and oxygen atoms in total. The van der Waals surface area contributed by atoms with Crippen LogP contribution in [-0.2, 0) is 23.4 Å². The molecule has 0 unspecified atom stereocenters. The number of hydrogen-bond donors (Lipinski definition) is 3. The van der Waals surface area contributed by atoms with Crippen LogP contribution in [0.4, 0.5) is 0 Å². The maximum atomic E-state index is 13.7. The van der Waals surface area contributed by atoms with E-state index in [1.165, 1.54) is 26.0 Å². The van der Waals surface area contributed by atoms with Gasteiger partial charge < -0.3 is 19.1 Å². The number of hydrogen-bond acceptors (Lipinski definition) is 10. The Labute approximate surface area is 216 Å². The molecule has 0 amide bonds. The second-order valence-corrected chi connectivity index (χ2v) is 10.6. The third kappa shape index (κ3) is 6.70. The van der Waals surface area contributed by atoms with Crippen LogP contribution in [-0.4, -0.2) is 57.1 Å². The minimum Gasteiger partial charge on any atom is -0.462 e. The van der Waals surface area contributed by atoms with Crippen molar-refractivity contribution in [2.75, 3.05) is 6.61 Å². The van der Waals surface area contributed by atoms with Crippen LogP contribution in [0, 0.1) is 0 Å². The third-order valence-corrected chi connectivity index (χ3v) is 7.20. The topological polar surface area (TPSA) is 207 Å². The second kappa shape index (κ2) is 11.9. The summed E-state index contributed by atoms with van der Waals surface area (Å²) < 4.78 is 36.7. The van der Waals surface area contributed by atoms with Crippen molar-refractivity contribution < 1.29 is 33.0 Å². The Kier molecular flexibility index (Phi) is 9.15. The zero-order valence-electron chi connectivity index (χ0n) is 21.1. The molecule has 3 rings (SSSR count). The molecule has 0 aliphatic carbocycles. The maximum absolute atomic E-state index is 13.7. The largest absolute Gasteiger partial charge is 0.462 e. The van der Waals surface area contributed by atoms with Crippen molar-refractivity contribution in [3.8, 4) is 5.75 Å². The van der Waals surface area contributed by atoms with E-state index in [1.807, 2.05) is 0 Å². The number of azide groups is 1. The molecule has 1 saturated heterocycles. The van der Waals surface area contributed by atoms with E-state index < -0.39 is 67.7 Å². The van der Waals surface area contributed by atoms with Gasteiger partial charge in [-0.25, -0.2) is 9.36 Å². The maximum Gasteiger partial charge on any atom is 0.459 e. The van der Waals surface area contributed by atoms with E-state index in [0.717, 1.165) is 16.8 Å². The molecule has 0 bridgehead atoms. The predicted molar refractivity (Wildman–Crippen MR) is 133 cm³/mol. The van der Waals surface area contributed by atoms with E-state index in [2.05, 4.69) is 20.1 Å². The molecule has 0 saturated carbocycles. The summed E-state index contributed by atoms with van der Waals surface area (Å²) in [4.78, 5) is 41.0. The van der Waals surface area contributed by atoms with Crippen LogP contribution in [0.25, 0.3) is 10.4 Å². The highest BCUT2D eigenvalue weighted by Crippen LogP contribution is 2.47. The van der Waals surface area contributed by atoms with Crippen LogP contribution in [0.3, 0.4) is 0 Å². The molecular formula is C22H29N6O9P. The van der Waals surface area contributed by atoms with Crippen molar-refractivity contribution in [1.29, 1.82) is 0 Å². The summed E-state index contributed by atoms with van der Waals surface area (Å²) in [6.07, 6.45) is -3.47. The first-order valence-corrected chi connectivity index (χ1v) is 13.1. The molecule has 2 aromatic rings. The zero-order valence-corrected chi connectivity index (χ0v) is 22.0. The SMILES string of the molecule is CC(C)OC(=O)[C@@H](C)N[P@@](=O)(OC[C@H]1O[C@@H](n2ccc(=O)[nH]c2=O)[C@](C)(N=[N+]=[N-])[C@@H]1O)Oc1ccccc1. The number of aromatic nitrogens is 2. The number of para-hydroxylation sites is 1. The number of aromatic amines is 1. The summed E-state index contributed by atoms with van der Waals surface area (Å²) in [5.74, 6) is -0.539. The van der Waals surface area contributed by atoms with Crippen LogP contribution in [0.1, 0.15) is 33.9 Å². The summed E-state index contributed by atoms with van der Waals surface area (Å²) in [7, 11) is -4.30. The Morgan fingerprint density at radius 2 is 2.00 bits per heavy atom. The molecule has 206 valence electrons. The number of nitrogens with one attached hydrogen (secondary N) is 2. The van der Waals surface area contributed by atoms with Crippen molar-refractivity contribution in [2.45, 2.75) is 63.8 Å². The van der Waals surface area contributed by atoms with Gasteiger partial charge in [-0.3, -0.25) is 23.7 Å². The van der Waals surface area contributed by atoms with E-state index >= 15 is 0 Å². The lowest BCUT2D eigenvalue weighted by molar-refractivity contribution is -0.149. The minimum atomic E-state index is -4.30. The number of H-pyrrole nitrogens is 1. The van der Waals surface area contributed by atoms with E-state index in [1.54, 1.807) is 32.0 Å². The van der Waals surface area contributed by atoms with Crippen molar-refractivity contribution in [1.82, 2.24) is 14.6 Å². The number of carbonyl (C=O) groups excluding carboxylic acids is 1. The summed E-state index contributed by atoms with van der Waals surface area (Å²) in [6.45, 7) is 5.50. The van der Waals surface area contributed by atoms with Gasteiger partial charge in [0.2, 0.25) is 0 Å². The molecule has 2 heterocycles. The first-order valence-electron chi connectivity index (χ1n) is 11.6. The number of carbonyl (C=O) groups is 1. The standard InChI is InChI=1S/C22H29N6O9P/c1-13(2)35-19(31)14(3)25-38(33,37-15-8-6-5-7-9-15)34-12-16-18(30)22(4,26-27-23)20(36-16)28-11-10-17(29)24-21(28)32/h5-11,13-14,16,18,20,30H,12H2,1-4H3,(H,25,33)(H,24,29,32)/t14-,16-,18-,20-,22-,38-/m1/s1. The number of aliphatic hydroxyl groups excluding tert-OH is 1. The summed E-state index contributed by atoms with van der Waals surface area (Å²) in [5, 5.41) is 17.1. The Hall–Kier alpha value is -3.45. The number of aliphatic hydroxyl groups is 1. The van der Waals surface area contributed by atoms with Gasteiger partial charge in [0.1, 0.15) is 23.4 Å². The molecule has 3 N–H and O–H groups in total. The van der Waals surface area contributed by atoms with Crippen LogP contribution in [0.15, 0.2) is 57.3 Å². The molecule has 1 aromatic carbocycles. The van der Waals surface area contributed by atoms with Gasteiger partial charge in [-0.2, -0.15) is 5.09 Å². The highest BCUT2D eigenvalue weighted by atomic mass is 31.2. The van der Waals surface area contributed by atoms with Crippen molar-refractivity contribution in [3.63, 3.8) is 0 Å². The van der Waals surface area contributed by atoms with Crippen molar-refractivity contribution in [3.05, 3.63) is 73.9 Å². The van der Waals surface area contributed by atoms with Gasteiger partial charge >= 0.3 is 19.4 Å². The molecule has 38 heavy (non-hydrogen) atoms. The lowest BCUT2D eigenvalue weighted by Gasteiger charge is -2.28. The van der Waals surface area contributed by atoms with E-state index in [9.17, 15) is 24.1 Å². The average molecular weight is 552 g/mol. The first kappa shape index (κ1) is 29.1. The molecule has 0 radical (unpaired) electrons. The minimum absolute atomic E-state index is 0.164. The van der Waals surface area contributed by atoms with Gasteiger partial charge in [-0.15, -0.1) is 0 Å². The monoisotopic (exact) mass is 552 g/mol. The van der Waals surface area contributed by atoms with E-state index in [-0.39, 0.29) is 5.75 Å². The van der Waals surface area contributed by atoms with Crippen LogP contribution >= 0.6 is 7.75 Å². The zero-order chi connectivity index (χ0) is 28.1. The number of esters is 1. The molecule has 1 fully saturated rings. The average Bonchev–Trinajstić information content (AvgIpc) is 3.08. The third-order valence-electron chi connectivity index (χ3n) is 5.55. The normalized spacial score (nSPS) is 25.3. The number of nitrogens with zero attached hydrogens (tertiary/aromatic N) is 4. The van der Waals surface area contributed by atoms with Gasteiger partial charge in [0.05, 0.1) is 18.8 Å². The van der Waals surface area contributed by atoms with Gasteiger partial charge in [0, 0.05) is 17.2 Å². The van der Waals surface area contributed by atoms with Gasteiger partial charge in [-0.1, -0.05) is 23.3 Å². The van der Waals surface area contributed by atoms with Crippen molar-refractivity contribution >= 4 is 13.7 Å². The fraction of sp³-hybridized carbons (Fsp3) is 0.500. The Balaban J connectivity index is 1.87. The molecule has 6 atom stereocenters. The summed E-state index contributed by atoms with van der Waals surface area (Å²) >= 11 is 0. The van der Waals surface area contributed by atoms with Gasteiger partial charge in [0.15, 0.2) is 6.23 Å². The first-order chi connectivity index (χ1) is 17.9. The molecule has 1 aliphatic heterocycles. The van der Waals surface area contributed by atoms with Crippen molar-refractivity contribution in [2.24, 2.45) is 5.11 Å². The Morgan fingerprint density at radius 3 is 2.61 bits per heavy atom. The number of benzene rings is 1. The molecule has 1 aromatic heterocycles. The smallest absolute Gasteiger partial charge is 0.459 e. The van der Waals surface area contributed by atoms with Crippen LogP contribution in [0.2, 0.25) is 0 Å². The second-order valence-electron chi connectivity index (χ2n) is 8.94. The lowest BCUT2D eigenvalue weighted by atomic mass is 9.93. The van der Waals surface area contributed by atoms with E-state index in [0.29, 0.717) is 0 Å². The molecular weight excluding hydrogens is 523 g/mol. The number of rotatable bonds is 11. The highest BCUT2D eigenvalue weighted by molar-refractivity contribution is 7.52. The summed E-state index contributed by atoms with van der Waals surface area (Å²) in [5.41, 5.74) is 5.85. The quantitative estimate of drug-likeness (QED) is 0.121. The lowest BCUT2D eigenvalue weighted by Crippen LogP contribution is -2.45. The Bertz CT molecular complexity index is 1340. The van der Waals surface area contributed by atoms with E-state index in [4.69, 9.17) is 24.1 Å². The predicted octanol–water partition coefficient (Wildman–Crippen LogP) is 2.00. The van der Waals surface area contributed by atoms with Crippen LogP contribution in [0.5, 0.6) is 5.75 Å². The highest BCUT2D eigenvalue weighted by Gasteiger charge is 2.55. The number of ether oxygens (including phenoxy) is 2. The fourth-order valence-corrected chi connectivity index (χ4v) is 5.20. The molecule has 16 heteroatoms. The molecule has 1 aliphatic rings. The fourth-order valence-electron chi connectivity index (χ4n) is 3.70. The molecule has 0 spiro atoms. The Morgan fingerprint density at radius 1 is 1.32 bits per heavy atom. The summed E-state index contributed by atoms with van der Waals surface area (Å²) in [6, 6.07) is 7.98.